The van der Waals surface area contributed by atoms with Crippen LogP contribution in [0.1, 0.15) is 0 Å². The predicted octanol–water partition coefficient (Wildman–Crippen LogP) is -4.23. The van der Waals surface area contributed by atoms with E-state index >= 15 is 0 Å². The van der Waals surface area contributed by atoms with E-state index in [4.69, 9.17) is 15.3 Å². The number of phosphoric acid groups is 1. The highest BCUT2D eigenvalue weighted by Gasteiger charge is 2.49. The zero-order valence-corrected chi connectivity index (χ0v) is 10.7. The maximum Gasteiger partial charge on any atom is 0.120 e. The van der Waals surface area contributed by atoms with Crippen LogP contribution >= 0.6 is 7.82 Å². The van der Waals surface area contributed by atoms with Crippen LogP contribution in [0.15, 0.2) is 0 Å². The van der Waals surface area contributed by atoms with Gasteiger partial charge in [-0.2, -0.15) is 0 Å². The summed E-state index contributed by atoms with van der Waals surface area (Å²) in [6.45, 7) is 0. The monoisotopic (exact) mass is 294 g/mol. The number of quaternary nitrogens is 2. The van der Waals surface area contributed by atoms with Crippen LogP contribution in [0.3, 0.4) is 0 Å². The number of phosphoric ester groups is 1. The van der Waals surface area contributed by atoms with Gasteiger partial charge in [-0.15, -0.1) is 0 Å². The molecule has 1 saturated carbocycles. The van der Waals surface area contributed by atoms with Gasteiger partial charge in [0.05, 0.1) is 7.82 Å². The number of aliphatic hydroxyl groups is 5. The van der Waals surface area contributed by atoms with Crippen molar-refractivity contribution < 1.29 is 44.4 Å². The fourth-order valence-electron chi connectivity index (χ4n) is 1.47. The molecule has 112 valence electrons. The SMILES string of the molecule is O=P([O-])([O-])OC1C(O)C(O)C(O)C(O)C1O.[NH4+].[NH4+]. The van der Waals surface area contributed by atoms with Crippen molar-refractivity contribution in [1.29, 1.82) is 0 Å². The van der Waals surface area contributed by atoms with Gasteiger partial charge in [0, 0.05) is 0 Å². The third-order valence-corrected chi connectivity index (χ3v) is 2.83. The van der Waals surface area contributed by atoms with Crippen LogP contribution in [0.4, 0.5) is 0 Å². The molecule has 0 spiro atoms. The smallest absolute Gasteiger partial charge is 0.120 e. The van der Waals surface area contributed by atoms with Crippen molar-refractivity contribution in [3.8, 4) is 0 Å². The van der Waals surface area contributed by atoms with Crippen LogP contribution in [0.2, 0.25) is 0 Å². The van der Waals surface area contributed by atoms with Crippen LogP contribution in [0.25, 0.3) is 0 Å². The lowest BCUT2D eigenvalue weighted by atomic mass is 9.85. The van der Waals surface area contributed by atoms with Crippen molar-refractivity contribution in [3.63, 3.8) is 0 Å². The fourth-order valence-corrected chi connectivity index (χ4v) is 2.02. The minimum atomic E-state index is -5.51. The lowest BCUT2D eigenvalue weighted by molar-refractivity contribution is -0.353. The quantitative estimate of drug-likeness (QED) is 0.243. The van der Waals surface area contributed by atoms with E-state index in [1.54, 1.807) is 0 Å². The first-order valence-electron chi connectivity index (χ1n) is 4.26. The van der Waals surface area contributed by atoms with E-state index < -0.39 is 44.4 Å². The molecule has 1 aliphatic carbocycles. The number of hydrogen-bond acceptors (Lipinski definition) is 9. The standard InChI is InChI=1S/C6H13O9P.2H3N/c7-1-2(8)4(10)6(5(11)3(1)9)15-16(12,13)14;;/h1-11H,(H2,12,13,14);2*1H3. The molecule has 13 N–H and O–H groups in total. The van der Waals surface area contributed by atoms with Gasteiger partial charge < -0.3 is 56.7 Å². The molecule has 11 nitrogen and oxygen atoms in total. The average molecular weight is 294 g/mol. The van der Waals surface area contributed by atoms with Gasteiger partial charge in [0.15, 0.2) is 0 Å². The van der Waals surface area contributed by atoms with Gasteiger partial charge in [0.2, 0.25) is 0 Å². The molecule has 0 aliphatic heterocycles. The Morgan fingerprint density at radius 2 is 1.06 bits per heavy atom. The number of rotatable bonds is 2. The van der Waals surface area contributed by atoms with E-state index in [9.17, 15) is 24.6 Å². The predicted molar refractivity (Wildman–Crippen MR) is 54.5 cm³/mol. The first-order chi connectivity index (χ1) is 7.15. The van der Waals surface area contributed by atoms with E-state index in [1.165, 1.54) is 0 Å². The summed E-state index contributed by atoms with van der Waals surface area (Å²) in [4.78, 5) is 20.6. The van der Waals surface area contributed by atoms with Crippen molar-refractivity contribution in [1.82, 2.24) is 12.3 Å². The molecular weight excluding hydrogens is 275 g/mol. The molecule has 1 fully saturated rings. The maximum atomic E-state index is 10.3. The molecule has 0 saturated heterocycles. The second-order valence-corrected chi connectivity index (χ2v) is 4.58. The van der Waals surface area contributed by atoms with Crippen LogP contribution in [0.5, 0.6) is 0 Å². The first-order valence-corrected chi connectivity index (χ1v) is 5.72. The summed E-state index contributed by atoms with van der Waals surface area (Å²) in [5.74, 6) is 0. The van der Waals surface area contributed by atoms with Gasteiger partial charge in [-0.05, 0) is 0 Å². The van der Waals surface area contributed by atoms with E-state index in [2.05, 4.69) is 4.52 Å². The molecule has 0 bridgehead atoms. The van der Waals surface area contributed by atoms with E-state index in [0.29, 0.717) is 0 Å². The van der Waals surface area contributed by atoms with Crippen LogP contribution < -0.4 is 22.1 Å². The molecular formula is C6H19N2O9P. The molecule has 1 rings (SSSR count). The third kappa shape index (κ3) is 4.19. The second kappa shape index (κ2) is 6.84. The first kappa shape index (κ1) is 20.2. The largest absolute Gasteiger partial charge is 0.790 e. The molecule has 0 aromatic carbocycles. The highest BCUT2D eigenvalue weighted by Crippen LogP contribution is 2.34. The molecule has 0 aromatic rings. The van der Waals surface area contributed by atoms with E-state index in [0.717, 1.165) is 0 Å². The molecule has 0 amide bonds. The Morgan fingerprint density at radius 1 is 0.778 bits per heavy atom. The Kier molecular flexibility index (Phi) is 7.66. The summed E-state index contributed by atoms with van der Waals surface area (Å²) in [6, 6.07) is 0. The average Bonchev–Trinajstić information content (AvgIpc) is 2.17. The van der Waals surface area contributed by atoms with Gasteiger partial charge in [-0.3, -0.25) is 0 Å². The minimum Gasteiger partial charge on any atom is -0.790 e. The highest BCUT2D eigenvalue weighted by molar-refractivity contribution is 7.43. The topological polar surface area (TPSA) is 247 Å². The summed E-state index contributed by atoms with van der Waals surface area (Å²) >= 11 is 0. The van der Waals surface area contributed by atoms with Crippen LogP contribution in [-0.4, -0.2) is 62.2 Å². The molecule has 12 heteroatoms. The maximum absolute atomic E-state index is 10.3. The molecule has 0 radical (unpaired) electrons. The third-order valence-electron chi connectivity index (χ3n) is 2.32. The Balaban J connectivity index is 0. The zero-order chi connectivity index (χ0) is 12.7. The zero-order valence-electron chi connectivity index (χ0n) is 9.78. The lowest BCUT2D eigenvalue weighted by Crippen LogP contribution is -2.64. The van der Waals surface area contributed by atoms with Gasteiger partial charge in [-0.1, -0.05) is 0 Å². The Labute approximate surface area is 102 Å². The van der Waals surface area contributed by atoms with E-state index in [-0.39, 0.29) is 12.3 Å². The summed E-state index contributed by atoms with van der Waals surface area (Å²) in [6.07, 6.45) is -11.8. The summed E-state index contributed by atoms with van der Waals surface area (Å²) < 4.78 is 14.1. The van der Waals surface area contributed by atoms with Gasteiger partial charge in [-0.25, -0.2) is 0 Å². The molecule has 0 aromatic heterocycles. The van der Waals surface area contributed by atoms with Crippen molar-refractivity contribution in [3.05, 3.63) is 0 Å². The van der Waals surface area contributed by atoms with Crippen LogP contribution in [0, 0.1) is 0 Å². The molecule has 0 heterocycles. The molecule has 4 unspecified atom stereocenters. The summed E-state index contributed by atoms with van der Waals surface area (Å²) in [7, 11) is -5.51. The normalized spacial score (nSPS) is 40.6. The fraction of sp³-hybridized carbons (Fsp3) is 1.00. The van der Waals surface area contributed by atoms with Crippen molar-refractivity contribution in [2.45, 2.75) is 36.6 Å². The number of hydrogen-bond donors (Lipinski definition) is 7. The van der Waals surface area contributed by atoms with Crippen molar-refractivity contribution >= 4 is 7.82 Å². The minimum absolute atomic E-state index is 0. The lowest BCUT2D eigenvalue weighted by Gasteiger charge is -2.45. The van der Waals surface area contributed by atoms with E-state index in [1.807, 2.05) is 0 Å². The van der Waals surface area contributed by atoms with Crippen molar-refractivity contribution in [2.75, 3.05) is 0 Å². The summed E-state index contributed by atoms with van der Waals surface area (Å²) in [5, 5.41) is 45.9. The summed E-state index contributed by atoms with van der Waals surface area (Å²) in [5.41, 5.74) is 0. The molecule has 18 heavy (non-hydrogen) atoms. The van der Waals surface area contributed by atoms with Crippen LogP contribution in [-0.2, 0) is 9.09 Å². The van der Waals surface area contributed by atoms with Gasteiger partial charge in [0.25, 0.3) is 0 Å². The second-order valence-electron chi connectivity index (χ2n) is 3.47. The Hall–Kier alpha value is -0.170. The Bertz CT molecular complexity index is 283. The molecule has 4 atom stereocenters. The molecule has 1 aliphatic rings. The van der Waals surface area contributed by atoms with Gasteiger partial charge in [0.1, 0.15) is 36.6 Å². The Morgan fingerprint density at radius 3 is 1.33 bits per heavy atom. The highest BCUT2D eigenvalue weighted by atomic mass is 31.2. The number of aliphatic hydroxyl groups excluding tert-OH is 5. The van der Waals surface area contributed by atoms with Gasteiger partial charge >= 0.3 is 0 Å². The van der Waals surface area contributed by atoms with Crippen molar-refractivity contribution in [2.24, 2.45) is 0 Å².